The molecule has 2 N–H and O–H groups in total. The quantitative estimate of drug-likeness (QED) is 0.854. The van der Waals surface area contributed by atoms with E-state index in [4.69, 9.17) is 4.74 Å². The molecule has 4 heteroatoms. The zero-order valence-corrected chi connectivity index (χ0v) is 12.9. The Kier molecular flexibility index (Phi) is 6.22. The predicted octanol–water partition coefficient (Wildman–Crippen LogP) is 2.71. The van der Waals surface area contributed by atoms with Gasteiger partial charge in [-0.05, 0) is 24.6 Å². The zero-order valence-electron chi connectivity index (χ0n) is 12.9. The molecule has 0 saturated carbocycles. The van der Waals surface area contributed by atoms with E-state index in [9.17, 15) is 9.90 Å². The average molecular weight is 309 g/mol. The Hall–Kier alpha value is -2.77. The molecular weight excluding hydrogens is 290 g/mol. The summed E-state index contributed by atoms with van der Waals surface area (Å²) in [5, 5.41) is 12.5. The molecule has 1 amide bonds. The molecule has 0 unspecified atom stereocenters. The van der Waals surface area contributed by atoms with E-state index in [0.29, 0.717) is 0 Å². The number of benzene rings is 2. The van der Waals surface area contributed by atoms with Gasteiger partial charge in [0.15, 0.2) is 0 Å². The first-order valence-corrected chi connectivity index (χ1v) is 7.37. The summed E-state index contributed by atoms with van der Waals surface area (Å²) in [7, 11) is 0. The van der Waals surface area contributed by atoms with E-state index < -0.39 is 18.2 Å². The van der Waals surface area contributed by atoms with E-state index in [2.05, 4.69) is 17.2 Å². The van der Waals surface area contributed by atoms with Crippen LogP contribution in [0.3, 0.4) is 0 Å². The van der Waals surface area contributed by atoms with Crippen LogP contribution in [-0.4, -0.2) is 23.3 Å². The largest absolute Gasteiger partial charge is 0.445 e. The van der Waals surface area contributed by atoms with Crippen molar-refractivity contribution >= 4 is 6.09 Å². The van der Waals surface area contributed by atoms with Crippen molar-refractivity contribution in [2.45, 2.75) is 25.7 Å². The highest BCUT2D eigenvalue weighted by Gasteiger charge is 2.15. The number of aliphatic hydroxyl groups is 1. The molecule has 0 bridgehead atoms. The lowest BCUT2D eigenvalue weighted by atomic mass is 10.1. The van der Waals surface area contributed by atoms with Crippen LogP contribution < -0.4 is 5.32 Å². The molecule has 23 heavy (non-hydrogen) atoms. The first-order chi connectivity index (χ1) is 11.1. The molecule has 0 saturated heterocycles. The second-order valence-corrected chi connectivity index (χ2v) is 5.07. The van der Waals surface area contributed by atoms with Crippen LogP contribution in [0.2, 0.25) is 0 Å². The molecule has 2 aromatic carbocycles. The molecule has 2 atom stereocenters. The fraction of sp³-hybridized carbons (Fsp3) is 0.211. The number of hydrogen-bond donors (Lipinski definition) is 2. The van der Waals surface area contributed by atoms with Crippen LogP contribution in [0, 0.1) is 11.8 Å². The van der Waals surface area contributed by atoms with Gasteiger partial charge in [-0.1, -0.05) is 60.4 Å². The molecule has 0 spiro atoms. The maximum Gasteiger partial charge on any atom is 0.407 e. The average Bonchev–Trinajstić information content (AvgIpc) is 2.59. The van der Waals surface area contributed by atoms with Gasteiger partial charge in [0.25, 0.3) is 0 Å². The number of alkyl carbamates (subject to hydrolysis) is 1. The fourth-order valence-electron chi connectivity index (χ4n) is 1.83. The number of nitrogens with one attached hydrogen (secondary N) is 1. The van der Waals surface area contributed by atoms with Crippen LogP contribution in [0.25, 0.3) is 0 Å². The highest BCUT2D eigenvalue weighted by Crippen LogP contribution is 2.01. The SMILES string of the molecule is C[C@H](NC(=O)OCc1ccccc1)[C@H](O)C#Cc1ccccc1. The summed E-state index contributed by atoms with van der Waals surface area (Å²) in [6, 6.07) is 18.2. The van der Waals surface area contributed by atoms with Crippen molar-refractivity contribution in [3.8, 4) is 11.8 Å². The number of hydrogen-bond acceptors (Lipinski definition) is 3. The molecule has 0 aliphatic carbocycles. The maximum atomic E-state index is 11.7. The van der Waals surface area contributed by atoms with Gasteiger partial charge in [0.05, 0.1) is 6.04 Å². The minimum absolute atomic E-state index is 0.186. The number of aliphatic hydroxyl groups excluding tert-OH is 1. The number of carbonyl (C=O) groups is 1. The van der Waals surface area contributed by atoms with Gasteiger partial charge in [-0.15, -0.1) is 0 Å². The topological polar surface area (TPSA) is 58.6 Å². The van der Waals surface area contributed by atoms with Gasteiger partial charge in [-0.2, -0.15) is 0 Å². The Labute approximate surface area is 136 Å². The Morgan fingerprint density at radius 3 is 2.39 bits per heavy atom. The highest BCUT2D eigenvalue weighted by molar-refractivity contribution is 5.67. The van der Waals surface area contributed by atoms with E-state index in [1.54, 1.807) is 6.92 Å². The minimum Gasteiger partial charge on any atom is -0.445 e. The fourth-order valence-corrected chi connectivity index (χ4v) is 1.83. The van der Waals surface area contributed by atoms with Crippen molar-refractivity contribution in [3.63, 3.8) is 0 Å². The van der Waals surface area contributed by atoms with Crippen LogP contribution in [0.4, 0.5) is 4.79 Å². The van der Waals surface area contributed by atoms with Crippen LogP contribution in [-0.2, 0) is 11.3 Å². The summed E-state index contributed by atoms with van der Waals surface area (Å²) in [5.74, 6) is 5.58. The van der Waals surface area contributed by atoms with Gasteiger partial charge < -0.3 is 15.2 Å². The van der Waals surface area contributed by atoms with E-state index in [-0.39, 0.29) is 6.61 Å². The minimum atomic E-state index is -0.973. The monoisotopic (exact) mass is 309 g/mol. The smallest absolute Gasteiger partial charge is 0.407 e. The van der Waals surface area contributed by atoms with Crippen molar-refractivity contribution in [3.05, 3.63) is 71.8 Å². The van der Waals surface area contributed by atoms with Gasteiger partial charge in [0.1, 0.15) is 12.7 Å². The predicted molar refractivity (Wildman–Crippen MR) is 88.6 cm³/mol. The van der Waals surface area contributed by atoms with Gasteiger partial charge in [-0.3, -0.25) is 0 Å². The van der Waals surface area contributed by atoms with Crippen molar-refractivity contribution in [2.75, 3.05) is 0 Å². The van der Waals surface area contributed by atoms with Gasteiger partial charge in [0, 0.05) is 5.56 Å². The Balaban J connectivity index is 1.80. The molecule has 2 rings (SSSR count). The van der Waals surface area contributed by atoms with Crippen molar-refractivity contribution < 1.29 is 14.6 Å². The first-order valence-electron chi connectivity index (χ1n) is 7.37. The number of ether oxygens (including phenoxy) is 1. The molecule has 118 valence electrons. The summed E-state index contributed by atoms with van der Waals surface area (Å²) in [6.45, 7) is 1.86. The third-order valence-electron chi connectivity index (χ3n) is 3.17. The van der Waals surface area contributed by atoms with E-state index in [0.717, 1.165) is 11.1 Å². The van der Waals surface area contributed by atoms with Crippen LogP contribution in [0.15, 0.2) is 60.7 Å². The molecule has 4 nitrogen and oxygen atoms in total. The summed E-state index contributed by atoms with van der Waals surface area (Å²) >= 11 is 0. The molecule has 0 aliphatic rings. The Bertz CT molecular complexity index is 674. The molecular formula is C19H19NO3. The van der Waals surface area contributed by atoms with Gasteiger partial charge in [0.2, 0.25) is 0 Å². The third kappa shape index (κ3) is 5.85. The molecule has 0 heterocycles. The van der Waals surface area contributed by atoms with Crippen LogP contribution >= 0.6 is 0 Å². The molecule has 2 aromatic rings. The normalized spacial score (nSPS) is 12.4. The maximum absolute atomic E-state index is 11.7. The lowest BCUT2D eigenvalue weighted by Crippen LogP contribution is -2.40. The van der Waals surface area contributed by atoms with E-state index in [1.807, 2.05) is 60.7 Å². The highest BCUT2D eigenvalue weighted by atomic mass is 16.5. The summed E-state index contributed by atoms with van der Waals surface area (Å²) in [5.41, 5.74) is 1.71. The van der Waals surface area contributed by atoms with Gasteiger partial charge >= 0.3 is 6.09 Å². The van der Waals surface area contributed by atoms with Crippen molar-refractivity contribution in [2.24, 2.45) is 0 Å². The lowest BCUT2D eigenvalue weighted by Gasteiger charge is -2.15. The zero-order chi connectivity index (χ0) is 16.5. The van der Waals surface area contributed by atoms with Crippen LogP contribution in [0.1, 0.15) is 18.1 Å². The lowest BCUT2D eigenvalue weighted by molar-refractivity contribution is 0.123. The molecule has 0 fully saturated rings. The Morgan fingerprint density at radius 2 is 1.74 bits per heavy atom. The van der Waals surface area contributed by atoms with Crippen molar-refractivity contribution in [1.29, 1.82) is 0 Å². The Morgan fingerprint density at radius 1 is 1.13 bits per heavy atom. The second-order valence-electron chi connectivity index (χ2n) is 5.07. The second kappa shape index (κ2) is 8.62. The van der Waals surface area contributed by atoms with Gasteiger partial charge in [-0.25, -0.2) is 4.79 Å². The van der Waals surface area contributed by atoms with Crippen LogP contribution in [0.5, 0.6) is 0 Å². The standard InChI is InChI=1S/C19H19NO3/c1-15(18(21)13-12-16-8-4-2-5-9-16)20-19(22)23-14-17-10-6-3-7-11-17/h2-11,15,18,21H,14H2,1H3,(H,20,22)/t15-,18+/m0/s1. The van der Waals surface area contributed by atoms with E-state index >= 15 is 0 Å². The number of rotatable bonds is 4. The van der Waals surface area contributed by atoms with E-state index in [1.165, 1.54) is 0 Å². The number of amides is 1. The summed E-state index contributed by atoms with van der Waals surface area (Å²) < 4.78 is 5.10. The van der Waals surface area contributed by atoms with Crippen molar-refractivity contribution in [1.82, 2.24) is 5.32 Å². The summed E-state index contributed by atoms with van der Waals surface area (Å²) in [6.07, 6.45) is -1.55. The molecule has 0 aliphatic heterocycles. The third-order valence-corrected chi connectivity index (χ3v) is 3.17. The number of carbonyl (C=O) groups excluding carboxylic acids is 1. The summed E-state index contributed by atoms with van der Waals surface area (Å²) in [4.78, 5) is 11.7. The molecule has 0 aromatic heterocycles. The first kappa shape index (κ1) is 16.6. The molecule has 0 radical (unpaired) electrons.